The third-order valence-electron chi connectivity index (χ3n) is 3.56. The van der Waals surface area contributed by atoms with Crippen LogP contribution in [-0.2, 0) is 6.42 Å². The zero-order valence-corrected chi connectivity index (χ0v) is 12.4. The highest BCUT2D eigenvalue weighted by molar-refractivity contribution is 5.96. The molecule has 24 heavy (non-hydrogen) atoms. The highest BCUT2D eigenvalue weighted by Gasteiger charge is 2.16. The molecule has 7 heteroatoms. The fourth-order valence-electron chi connectivity index (χ4n) is 2.53. The van der Waals surface area contributed by atoms with Crippen LogP contribution in [-0.4, -0.2) is 16.7 Å². The van der Waals surface area contributed by atoms with E-state index in [1.54, 1.807) is 6.07 Å². The van der Waals surface area contributed by atoms with E-state index < -0.39 is 5.82 Å². The molecule has 5 nitrogen and oxygen atoms in total. The molecular weight excluding hydrogens is 314 g/mol. The van der Waals surface area contributed by atoms with Crippen LogP contribution in [0.5, 0.6) is 0 Å². The van der Waals surface area contributed by atoms with Gasteiger partial charge in [0.2, 0.25) is 0 Å². The van der Waals surface area contributed by atoms with Gasteiger partial charge in [-0.25, -0.2) is 13.9 Å². The summed E-state index contributed by atoms with van der Waals surface area (Å²) >= 11 is 0. The number of halogens is 2. The molecule has 0 saturated heterocycles. The molecule has 1 aliphatic heterocycles. The van der Waals surface area contributed by atoms with Crippen molar-refractivity contribution in [2.24, 2.45) is 0 Å². The van der Waals surface area contributed by atoms with E-state index >= 15 is 0 Å². The lowest BCUT2D eigenvalue weighted by Gasteiger charge is -2.17. The summed E-state index contributed by atoms with van der Waals surface area (Å²) in [5.41, 5.74) is 1.48. The Morgan fingerprint density at radius 1 is 1.17 bits per heavy atom. The van der Waals surface area contributed by atoms with Crippen LogP contribution in [0.15, 0.2) is 41.2 Å². The predicted octanol–water partition coefficient (Wildman–Crippen LogP) is 2.73. The lowest BCUT2D eigenvalue weighted by molar-refractivity contribution is 0.627. The topological polar surface area (TPSA) is 81.6 Å². The molecule has 0 unspecified atom stereocenters. The second kappa shape index (κ2) is 6.46. The van der Waals surface area contributed by atoms with Crippen molar-refractivity contribution in [1.29, 1.82) is 5.26 Å². The molecule has 0 atom stereocenters. The Hall–Kier alpha value is -3.27. The first-order valence-corrected chi connectivity index (χ1v) is 7.19. The summed E-state index contributed by atoms with van der Waals surface area (Å²) in [5.74, 6) is -0.774. The summed E-state index contributed by atoms with van der Waals surface area (Å²) in [5, 5.41) is 18.8. The van der Waals surface area contributed by atoms with Crippen molar-refractivity contribution < 1.29 is 8.78 Å². The molecule has 2 aromatic carbocycles. The first-order chi connectivity index (χ1) is 11.6. The van der Waals surface area contributed by atoms with Gasteiger partial charge in [-0.1, -0.05) is 6.07 Å². The van der Waals surface area contributed by atoms with Gasteiger partial charge in [0.05, 0.1) is 22.7 Å². The molecule has 4 rings (SSSR count). The standard InChI is InChI=1S/C10H8FN3O.C7H4FN/c11-5-3-6-9-7(13-14-10(6)15)1-2-12-8(9)4-5;8-7-3-1-2-6(4-7)5-9/h3-4,12H,1-2H2,(H,14,15);1-4H. The van der Waals surface area contributed by atoms with E-state index in [0.29, 0.717) is 23.2 Å². The third kappa shape index (κ3) is 3.08. The number of hydrogen-bond donors (Lipinski definition) is 2. The maximum Gasteiger partial charge on any atom is 0.272 e. The van der Waals surface area contributed by atoms with Gasteiger partial charge in [-0.15, -0.1) is 0 Å². The molecule has 0 amide bonds. The number of aromatic amines is 1. The van der Waals surface area contributed by atoms with Crippen molar-refractivity contribution in [3.05, 3.63) is 69.6 Å². The normalized spacial score (nSPS) is 11.9. The maximum atomic E-state index is 13.2. The minimum Gasteiger partial charge on any atom is -0.384 e. The summed E-state index contributed by atoms with van der Waals surface area (Å²) in [4.78, 5) is 11.5. The molecule has 0 aliphatic carbocycles. The SMILES string of the molecule is N#Cc1cccc(F)c1.O=c1[nH]nc2c3c(cc(F)cc13)NCC2. The monoisotopic (exact) mass is 326 g/mol. The van der Waals surface area contributed by atoms with Gasteiger partial charge in [0.25, 0.3) is 5.56 Å². The molecule has 0 spiro atoms. The molecule has 2 N–H and O–H groups in total. The van der Waals surface area contributed by atoms with Crippen molar-refractivity contribution in [1.82, 2.24) is 10.2 Å². The lowest BCUT2D eigenvalue weighted by atomic mass is 10.0. The minimum absolute atomic E-state index is 0.349. The Balaban J connectivity index is 0.000000162. The van der Waals surface area contributed by atoms with Crippen molar-refractivity contribution in [2.45, 2.75) is 6.42 Å². The maximum absolute atomic E-state index is 13.2. The fourth-order valence-corrected chi connectivity index (χ4v) is 2.53. The van der Waals surface area contributed by atoms with Crippen LogP contribution in [0, 0.1) is 23.0 Å². The van der Waals surface area contributed by atoms with E-state index in [1.165, 1.54) is 30.3 Å². The molecular formula is C17H12F2N4O. The van der Waals surface area contributed by atoms with Crippen LogP contribution < -0.4 is 10.9 Å². The van der Waals surface area contributed by atoms with Gasteiger partial charge in [-0.2, -0.15) is 10.4 Å². The Morgan fingerprint density at radius 3 is 2.71 bits per heavy atom. The van der Waals surface area contributed by atoms with Crippen molar-refractivity contribution >= 4 is 16.5 Å². The molecule has 1 aromatic heterocycles. The fraction of sp³-hybridized carbons (Fsp3) is 0.118. The quantitative estimate of drug-likeness (QED) is 0.665. The van der Waals surface area contributed by atoms with E-state index in [9.17, 15) is 13.6 Å². The Morgan fingerprint density at radius 2 is 2.00 bits per heavy atom. The second-order valence-electron chi connectivity index (χ2n) is 5.17. The molecule has 1 aliphatic rings. The van der Waals surface area contributed by atoms with Gasteiger partial charge < -0.3 is 5.32 Å². The van der Waals surface area contributed by atoms with Gasteiger partial charge in [-0.3, -0.25) is 4.79 Å². The third-order valence-corrected chi connectivity index (χ3v) is 3.56. The van der Waals surface area contributed by atoms with E-state index in [0.717, 1.165) is 17.5 Å². The van der Waals surface area contributed by atoms with Crippen LogP contribution in [0.1, 0.15) is 11.3 Å². The Bertz CT molecular complexity index is 1010. The Kier molecular flexibility index (Phi) is 4.20. The number of rotatable bonds is 0. The van der Waals surface area contributed by atoms with E-state index in [-0.39, 0.29) is 11.4 Å². The highest BCUT2D eigenvalue weighted by atomic mass is 19.1. The Labute approximate surface area is 135 Å². The van der Waals surface area contributed by atoms with Crippen LogP contribution in [0.4, 0.5) is 14.5 Å². The van der Waals surface area contributed by atoms with Gasteiger partial charge >= 0.3 is 0 Å². The highest BCUT2D eigenvalue weighted by Crippen LogP contribution is 2.27. The number of benzene rings is 2. The number of H-pyrrole nitrogens is 1. The summed E-state index contributed by atoms with van der Waals surface area (Å²) in [6.07, 6.45) is 0.742. The number of anilines is 1. The summed E-state index contributed by atoms with van der Waals surface area (Å²) in [7, 11) is 0. The van der Waals surface area contributed by atoms with Crippen LogP contribution in [0.3, 0.4) is 0 Å². The molecule has 2 heterocycles. The average Bonchev–Trinajstić information content (AvgIpc) is 2.58. The average molecular weight is 326 g/mol. The first kappa shape index (κ1) is 15.6. The second-order valence-corrected chi connectivity index (χ2v) is 5.17. The number of nitrogens with one attached hydrogen (secondary N) is 2. The predicted molar refractivity (Wildman–Crippen MR) is 85.6 cm³/mol. The van der Waals surface area contributed by atoms with Crippen LogP contribution in [0.25, 0.3) is 10.8 Å². The number of aromatic nitrogens is 2. The summed E-state index contributed by atoms with van der Waals surface area (Å²) in [6, 6.07) is 10.0. The van der Waals surface area contributed by atoms with Crippen molar-refractivity contribution in [2.75, 3.05) is 11.9 Å². The smallest absolute Gasteiger partial charge is 0.272 e. The van der Waals surface area contributed by atoms with Gasteiger partial charge in [0, 0.05) is 24.0 Å². The van der Waals surface area contributed by atoms with E-state index in [1.807, 2.05) is 6.07 Å². The molecule has 120 valence electrons. The lowest BCUT2D eigenvalue weighted by Crippen LogP contribution is -2.19. The number of hydrogen-bond acceptors (Lipinski definition) is 4. The summed E-state index contributed by atoms with van der Waals surface area (Å²) in [6.45, 7) is 0.713. The van der Waals surface area contributed by atoms with Crippen LogP contribution in [0.2, 0.25) is 0 Å². The molecule has 0 bridgehead atoms. The summed E-state index contributed by atoms with van der Waals surface area (Å²) < 4.78 is 25.4. The van der Waals surface area contributed by atoms with Crippen molar-refractivity contribution in [3.8, 4) is 6.07 Å². The molecule has 0 radical (unpaired) electrons. The van der Waals surface area contributed by atoms with E-state index in [2.05, 4.69) is 15.5 Å². The van der Waals surface area contributed by atoms with Crippen LogP contribution >= 0.6 is 0 Å². The minimum atomic E-state index is -0.408. The van der Waals surface area contributed by atoms with E-state index in [4.69, 9.17) is 5.26 Å². The molecule has 3 aromatic rings. The molecule has 0 saturated carbocycles. The van der Waals surface area contributed by atoms with Gasteiger partial charge in [-0.05, 0) is 30.3 Å². The van der Waals surface area contributed by atoms with Gasteiger partial charge in [0.15, 0.2) is 0 Å². The number of nitrogens with zero attached hydrogens (tertiary/aromatic N) is 2. The van der Waals surface area contributed by atoms with Crippen molar-refractivity contribution in [3.63, 3.8) is 0 Å². The largest absolute Gasteiger partial charge is 0.384 e. The number of nitriles is 1. The first-order valence-electron chi connectivity index (χ1n) is 7.19. The zero-order valence-electron chi connectivity index (χ0n) is 12.4. The molecule has 0 fully saturated rings. The van der Waals surface area contributed by atoms with Gasteiger partial charge in [0.1, 0.15) is 11.6 Å². The zero-order chi connectivity index (χ0) is 17.1.